The number of carbonyl (C=O) groups excluding carboxylic acids is 1. The number of rotatable bonds is 7. The summed E-state index contributed by atoms with van der Waals surface area (Å²) in [4.78, 5) is 16.6. The molecule has 30 heavy (non-hydrogen) atoms. The molecule has 0 bridgehead atoms. The normalized spacial score (nSPS) is 20.1. The van der Waals surface area contributed by atoms with E-state index in [1.807, 2.05) is 22.4 Å². The van der Waals surface area contributed by atoms with Crippen molar-refractivity contribution in [2.24, 2.45) is 5.92 Å². The van der Waals surface area contributed by atoms with Crippen molar-refractivity contribution in [3.05, 3.63) is 45.6 Å². The van der Waals surface area contributed by atoms with Crippen LogP contribution in [-0.2, 0) is 21.4 Å². The SMILES string of the molecule is COc1ccc(S(=O)(=O)N2CCC[C@H](C(=O)N(Cc3cccs3)C3CC3)C2)cc1Cl. The maximum Gasteiger partial charge on any atom is 0.243 e. The standard InChI is InChI=1S/C21H25ClN2O4S2/c1-28-20-9-8-18(12-19(20)22)30(26,27)23-10-2-4-15(13-23)21(25)24(16-6-7-16)14-17-5-3-11-29-17/h3,5,8-9,11-12,15-16H,2,4,6-7,10,13-14H2,1H3/t15-/m0/s1. The number of benzene rings is 1. The van der Waals surface area contributed by atoms with Crippen LogP contribution in [0.5, 0.6) is 5.75 Å². The van der Waals surface area contributed by atoms with Gasteiger partial charge in [0, 0.05) is 24.0 Å². The Morgan fingerprint density at radius 2 is 2.10 bits per heavy atom. The topological polar surface area (TPSA) is 66.9 Å². The lowest BCUT2D eigenvalue weighted by Gasteiger charge is -2.34. The molecule has 6 nitrogen and oxygen atoms in total. The van der Waals surface area contributed by atoms with Crippen molar-refractivity contribution in [2.45, 2.75) is 43.2 Å². The number of thiophene rings is 1. The Bertz CT molecular complexity index is 1010. The Morgan fingerprint density at radius 3 is 2.73 bits per heavy atom. The molecule has 0 radical (unpaired) electrons. The highest BCUT2D eigenvalue weighted by Gasteiger charge is 2.39. The van der Waals surface area contributed by atoms with E-state index in [9.17, 15) is 13.2 Å². The van der Waals surface area contributed by atoms with Gasteiger partial charge in [-0.05, 0) is 55.3 Å². The molecule has 1 aliphatic heterocycles. The fourth-order valence-electron chi connectivity index (χ4n) is 3.90. The number of methoxy groups -OCH3 is 1. The number of amides is 1. The lowest BCUT2D eigenvalue weighted by Crippen LogP contribution is -2.47. The van der Waals surface area contributed by atoms with Gasteiger partial charge in [-0.1, -0.05) is 17.7 Å². The zero-order chi connectivity index (χ0) is 21.3. The second kappa shape index (κ2) is 8.86. The van der Waals surface area contributed by atoms with Crippen LogP contribution in [0.2, 0.25) is 5.02 Å². The molecule has 1 aliphatic carbocycles. The maximum atomic E-state index is 13.3. The molecule has 162 valence electrons. The van der Waals surface area contributed by atoms with Gasteiger partial charge >= 0.3 is 0 Å². The average molecular weight is 469 g/mol. The molecule has 1 saturated heterocycles. The number of nitrogens with zero attached hydrogens (tertiary/aromatic N) is 2. The molecular formula is C21H25ClN2O4S2. The number of hydrogen-bond donors (Lipinski definition) is 0. The quantitative estimate of drug-likeness (QED) is 0.616. The molecule has 2 heterocycles. The second-order valence-electron chi connectivity index (χ2n) is 7.78. The molecule has 0 unspecified atom stereocenters. The van der Waals surface area contributed by atoms with Gasteiger partial charge in [-0.15, -0.1) is 11.3 Å². The average Bonchev–Trinajstić information content (AvgIpc) is 3.46. The van der Waals surface area contributed by atoms with Crippen LogP contribution in [-0.4, -0.2) is 49.8 Å². The van der Waals surface area contributed by atoms with Crippen LogP contribution in [0.3, 0.4) is 0 Å². The van der Waals surface area contributed by atoms with Crippen molar-refractivity contribution in [3.63, 3.8) is 0 Å². The maximum absolute atomic E-state index is 13.3. The van der Waals surface area contributed by atoms with E-state index in [4.69, 9.17) is 16.3 Å². The number of hydrogen-bond acceptors (Lipinski definition) is 5. The molecule has 1 aromatic heterocycles. The van der Waals surface area contributed by atoms with E-state index in [1.165, 1.54) is 23.5 Å². The van der Waals surface area contributed by atoms with E-state index in [1.54, 1.807) is 17.4 Å². The highest BCUT2D eigenvalue weighted by molar-refractivity contribution is 7.89. The predicted octanol–water partition coefficient (Wildman–Crippen LogP) is 4.00. The molecule has 4 rings (SSSR count). The fraction of sp³-hybridized carbons (Fsp3) is 0.476. The summed E-state index contributed by atoms with van der Waals surface area (Å²) in [5, 5.41) is 2.26. The number of piperidine rings is 1. The van der Waals surface area contributed by atoms with Crippen LogP contribution in [0.25, 0.3) is 0 Å². The molecule has 0 N–H and O–H groups in total. The fourth-order valence-corrected chi connectivity index (χ4v) is 6.47. The third-order valence-electron chi connectivity index (χ3n) is 5.67. The smallest absolute Gasteiger partial charge is 0.243 e. The van der Waals surface area contributed by atoms with E-state index >= 15 is 0 Å². The molecule has 1 aromatic carbocycles. The van der Waals surface area contributed by atoms with Crippen molar-refractivity contribution in [1.29, 1.82) is 0 Å². The molecule has 1 saturated carbocycles. The molecule has 1 atom stereocenters. The van der Waals surface area contributed by atoms with E-state index in [-0.39, 0.29) is 34.3 Å². The summed E-state index contributed by atoms with van der Waals surface area (Å²) in [7, 11) is -2.25. The van der Waals surface area contributed by atoms with Crippen LogP contribution in [0.15, 0.2) is 40.6 Å². The van der Waals surface area contributed by atoms with Gasteiger partial charge < -0.3 is 9.64 Å². The van der Waals surface area contributed by atoms with E-state index in [2.05, 4.69) is 0 Å². The monoisotopic (exact) mass is 468 g/mol. The zero-order valence-electron chi connectivity index (χ0n) is 16.8. The Balaban J connectivity index is 1.50. The van der Waals surface area contributed by atoms with Gasteiger partial charge in [0.15, 0.2) is 0 Å². The number of carbonyl (C=O) groups is 1. The van der Waals surface area contributed by atoms with Gasteiger partial charge in [0.05, 0.1) is 29.5 Å². The molecule has 2 fully saturated rings. The third-order valence-corrected chi connectivity index (χ3v) is 8.69. The van der Waals surface area contributed by atoms with Crippen molar-refractivity contribution >= 4 is 38.9 Å². The largest absolute Gasteiger partial charge is 0.495 e. The summed E-state index contributed by atoms with van der Waals surface area (Å²) in [6, 6.07) is 8.78. The third kappa shape index (κ3) is 4.51. The molecule has 0 spiro atoms. The van der Waals surface area contributed by atoms with E-state index in [0.29, 0.717) is 31.7 Å². The summed E-state index contributed by atoms with van der Waals surface area (Å²) in [5.41, 5.74) is 0. The lowest BCUT2D eigenvalue weighted by atomic mass is 9.98. The van der Waals surface area contributed by atoms with Crippen LogP contribution in [0.4, 0.5) is 0 Å². The van der Waals surface area contributed by atoms with Crippen molar-refractivity contribution in [2.75, 3.05) is 20.2 Å². The van der Waals surface area contributed by atoms with Crippen LogP contribution in [0, 0.1) is 5.92 Å². The summed E-state index contributed by atoms with van der Waals surface area (Å²) in [6.07, 6.45) is 3.42. The van der Waals surface area contributed by atoms with Crippen molar-refractivity contribution in [3.8, 4) is 5.75 Å². The highest BCUT2D eigenvalue weighted by Crippen LogP contribution is 2.34. The lowest BCUT2D eigenvalue weighted by molar-refractivity contribution is -0.137. The Labute approximate surface area is 186 Å². The minimum Gasteiger partial charge on any atom is -0.495 e. The predicted molar refractivity (Wildman–Crippen MR) is 117 cm³/mol. The first-order valence-electron chi connectivity index (χ1n) is 10.1. The first kappa shape index (κ1) is 21.6. The molecule has 2 aromatic rings. The van der Waals surface area contributed by atoms with Gasteiger partial charge in [-0.25, -0.2) is 8.42 Å². The Morgan fingerprint density at radius 1 is 1.30 bits per heavy atom. The summed E-state index contributed by atoms with van der Waals surface area (Å²) in [6.45, 7) is 1.22. The van der Waals surface area contributed by atoms with Crippen LogP contribution >= 0.6 is 22.9 Å². The summed E-state index contributed by atoms with van der Waals surface area (Å²) in [5.74, 6) is 0.178. The van der Waals surface area contributed by atoms with E-state index < -0.39 is 10.0 Å². The number of sulfonamides is 1. The minimum absolute atomic E-state index is 0.0681. The number of halogens is 1. The minimum atomic E-state index is -3.73. The molecular weight excluding hydrogens is 444 g/mol. The molecule has 1 amide bonds. The highest BCUT2D eigenvalue weighted by atomic mass is 35.5. The van der Waals surface area contributed by atoms with Gasteiger partial charge in [0.1, 0.15) is 5.75 Å². The van der Waals surface area contributed by atoms with Gasteiger partial charge in [0.2, 0.25) is 15.9 Å². The van der Waals surface area contributed by atoms with Gasteiger partial charge in [0.25, 0.3) is 0 Å². The first-order valence-corrected chi connectivity index (χ1v) is 12.8. The molecule has 9 heteroatoms. The van der Waals surface area contributed by atoms with Crippen LogP contribution < -0.4 is 4.74 Å². The van der Waals surface area contributed by atoms with Gasteiger partial charge in [-0.3, -0.25) is 4.79 Å². The summed E-state index contributed by atoms with van der Waals surface area (Å²) >= 11 is 7.78. The van der Waals surface area contributed by atoms with Crippen LogP contribution in [0.1, 0.15) is 30.6 Å². The summed E-state index contributed by atoms with van der Waals surface area (Å²) < 4.78 is 32.9. The van der Waals surface area contributed by atoms with Crippen molar-refractivity contribution in [1.82, 2.24) is 9.21 Å². The zero-order valence-corrected chi connectivity index (χ0v) is 19.2. The first-order chi connectivity index (χ1) is 14.4. The molecule has 2 aliphatic rings. The Hall–Kier alpha value is -1.61. The second-order valence-corrected chi connectivity index (χ2v) is 11.2. The number of ether oxygens (including phenoxy) is 1. The van der Waals surface area contributed by atoms with Crippen molar-refractivity contribution < 1.29 is 17.9 Å². The Kier molecular flexibility index (Phi) is 6.39. The van der Waals surface area contributed by atoms with Gasteiger partial charge in [-0.2, -0.15) is 4.31 Å². The van der Waals surface area contributed by atoms with E-state index in [0.717, 1.165) is 17.7 Å².